The van der Waals surface area contributed by atoms with Gasteiger partial charge in [-0.05, 0) is 23.8 Å². The molecule has 1 aromatic carbocycles. The Morgan fingerprint density at radius 2 is 2.24 bits per heavy atom. The van der Waals surface area contributed by atoms with Gasteiger partial charge in [-0.3, -0.25) is 5.10 Å². The number of aromatic amines is 1. The van der Waals surface area contributed by atoms with E-state index in [1.54, 1.807) is 0 Å². The summed E-state index contributed by atoms with van der Waals surface area (Å²) in [5, 5.41) is 7.24. The molecule has 0 unspecified atom stereocenters. The third-order valence-electron chi connectivity index (χ3n) is 3.00. The minimum Gasteiger partial charge on any atom is -0.493 e. The van der Waals surface area contributed by atoms with Crippen LogP contribution in [-0.4, -0.2) is 21.8 Å². The summed E-state index contributed by atoms with van der Waals surface area (Å²) in [4.78, 5) is 4.50. The molecule has 0 amide bonds. The van der Waals surface area contributed by atoms with Crippen LogP contribution in [0.5, 0.6) is 5.75 Å². The molecule has 4 nitrogen and oxygen atoms in total. The Bertz CT molecular complexity index is 545. The predicted molar refractivity (Wildman–Crippen MR) is 65.1 cm³/mol. The fourth-order valence-corrected chi connectivity index (χ4v) is 1.99. The van der Waals surface area contributed by atoms with Crippen LogP contribution >= 0.6 is 0 Å². The van der Waals surface area contributed by atoms with Crippen LogP contribution < -0.4 is 4.74 Å². The average molecular weight is 229 g/mol. The monoisotopic (exact) mass is 229 g/mol. The van der Waals surface area contributed by atoms with Crippen molar-refractivity contribution in [1.29, 1.82) is 0 Å². The number of fused-ring (bicyclic) bond motifs is 1. The topological polar surface area (TPSA) is 50.8 Å². The normalized spacial score (nSPS) is 13.8. The van der Waals surface area contributed by atoms with Gasteiger partial charge in [-0.25, -0.2) is 4.98 Å². The summed E-state index contributed by atoms with van der Waals surface area (Å²) < 4.78 is 5.48. The van der Waals surface area contributed by atoms with Gasteiger partial charge in [-0.15, -0.1) is 0 Å². The molecule has 0 saturated carbocycles. The lowest BCUT2D eigenvalue weighted by Gasteiger charge is -2.00. The molecule has 1 aliphatic heterocycles. The Kier molecular flexibility index (Phi) is 2.35. The van der Waals surface area contributed by atoms with Crippen molar-refractivity contribution < 1.29 is 4.74 Å². The molecular formula is C13H15N3O. The first-order valence-electron chi connectivity index (χ1n) is 5.92. The van der Waals surface area contributed by atoms with Crippen LogP contribution in [-0.2, 0) is 6.42 Å². The summed E-state index contributed by atoms with van der Waals surface area (Å²) in [7, 11) is 0. The van der Waals surface area contributed by atoms with Crippen LogP contribution in [0.2, 0.25) is 0 Å². The number of benzene rings is 1. The van der Waals surface area contributed by atoms with Gasteiger partial charge in [0.25, 0.3) is 0 Å². The molecule has 3 rings (SSSR count). The van der Waals surface area contributed by atoms with Crippen LogP contribution in [0, 0.1) is 0 Å². The highest BCUT2D eigenvalue weighted by Gasteiger charge is 2.15. The molecule has 0 saturated heterocycles. The largest absolute Gasteiger partial charge is 0.493 e. The number of hydrogen-bond donors (Lipinski definition) is 1. The maximum absolute atomic E-state index is 5.48. The Balaban J connectivity index is 1.97. The molecule has 4 heteroatoms. The molecule has 0 aliphatic carbocycles. The van der Waals surface area contributed by atoms with E-state index in [0.29, 0.717) is 5.92 Å². The second-order valence-corrected chi connectivity index (χ2v) is 4.62. The van der Waals surface area contributed by atoms with Crippen molar-refractivity contribution >= 4 is 0 Å². The lowest BCUT2D eigenvalue weighted by molar-refractivity contribution is 0.357. The SMILES string of the molecule is CC(C)c1nc(-c2ccc3c(c2)CCO3)n[nH]1. The van der Waals surface area contributed by atoms with Crippen LogP contribution in [0.25, 0.3) is 11.4 Å². The standard InChI is InChI=1S/C13H15N3O/c1-8(2)12-14-13(16-15-12)10-3-4-11-9(7-10)5-6-17-11/h3-4,7-8H,5-6H2,1-2H3,(H,14,15,16). The van der Waals surface area contributed by atoms with Gasteiger partial charge in [0.05, 0.1) is 6.61 Å². The predicted octanol–water partition coefficient (Wildman–Crippen LogP) is 2.53. The highest BCUT2D eigenvalue weighted by atomic mass is 16.5. The molecule has 88 valence electrons. The van der Waals surface area contributed by atoms with Crippen LogP contribution in [0.4, 0.5) is 0 Å². The van der Waals surface area contributed by atoms with Crippen molar-refractivity contribution in [3.8, 4) is 17.1 Å². The second-order valence-electron chi connectivity index (χ2n) is 4.62. The van der Waals surface area contributed by atoms with Crippen LogP contribution in [0.15, 0.2) is 18.2 Å². The first-order valence-corrected chi connectivity index (χ1v) is 5.92. The van der Waals surface area contributed by atoms with Gasteiger partial charge in [-0.2, -0.15) is 5.10 Å². The zero-order valence-electron chi connectivity index (χ0n) is 10.0. The average Bonchev–Trinajstić information content (AvgIpc) is 2.97. The van der Waals surface area contributed by atoms with E-state index in [2.05, 4.69) is 35.1 Å². The van der Waals surface area contributed by atoms with Crippen molar-refractivity contribution in [2.24, 2.45) is 0 Å². The van der Waals surface area contributed by atoms with Crippen molar-refractivity contribution in [1.82, 2.24) is 15.2 Å². The maximum atomic E-state index is 5.48. The third kappa shape index (κ3) is 1.79. The smallest absolute Gasteiger partial charge is 0.181 e. The molecule has 0 spiro atoms. The molecule has 0 bridgehead atoms. The number of aromatic nitrogens is 3. The van der Waals surface area contributed by atoms with Crippen LogP contribution in [0.3, 0.4) is 0 Å². The fourth-order valence-electron chi connectivity index (χ4n) is 1.99. The van der Waals surface area contributed by atoms with Gasteiger partial charge < -0.3 is 4.74 Å². The highest BCUT2D eigenvalue weighted by molar-refractivity contribution is 5.59. The van der Waals surface area contributed by atoms with Crippen molar-refractivity contribution in [3.63, 3.8) is 0 Å². The molecule has 17 heavy (non-hydrogen) atoms. The summed E-state index contributed by atoms with van der Waals surface area (Å²) in [5.41, 5.74) is 2.30. The molecule has 0 fully saturated rings. The van der Waals surface area contributed by atoms with E-state index in [1.165, 1.54) is 5.56 Å². The van der Waals surface area contributed by atoms with Gasteiger partial charge in [-0.1, -0.05) is 13.8 Å². The zero-order valence-corrected chi connectivity index (χ0v) is 10.0. The van der Waals surface area contributed by atoms with Gasteiger partial charge in [0, 0.05) is 17.9 Å². The van der Waals surface area contributed by atoms with E-state index >= 15 is 0 Å². The molecule has 1 aromatic heterocycles. The number of nitrogens with one attached hydrogen (secondary N) is 1. The van der Waals surface area contributed by atoms with Gasteiger partial charge in [0.15, 0.2) is 5.82 Å². The Hall–Kier alpha value is -1.84. The van der Waals surface area contributed by atoms with E-state index in [9.17, 15) is 0 Å². The maximum Gasteiger partial charge on any atom is 0.181 e. The van der Waals surface area contributed by atoms with Gasteiger partial charge in [0.1, 0.15) is 11.6 Å². The summed E-state index contributed by atoms with van der Waals surface area (Å²) in [6.45, 7) is 4.98. The van der Waals surface area contributed by atoms with Crippen molar-refractivity contribution in [2.75, 3.05) is 6.61 Å². The molecule has 0 radical (unpaired) electrons. The van der Waals surface area contributed by atoms with Crippen molar-refractivity contribution in [2.45, 2.75) is 26.2 Å². The summed E-state index contributed by atoms with van der Waals surface area (Å²) in [6, 6.07) is 6.14. The summed E-state index contributed by atoms with van der Waals surface area (Å²) in [5.74, 6) is 3.06. The van der Waals surface area contributed by atoms with E-state index in [4.69, 9.17) is 4.74 Å². The lowest BCUT2D eigenvalue weighted by Crippen LogP contribution is -1.89. The van der Waals surface area contributed by atoms with Gasteiger partial charge in [0.2, 0.25) is 0 Å². The minimum atomic E-state index is 0.369. The highest BCUT2D eigenvalue weighted by Crippen LogP contribution is 2.29. The van der Waals surface area contributed by atoms with E-state index in [-0.39, 0.29) is 0 Å². The molecule has 2 aromatic rings. The molecule has 1 N–H and O–H groups in total. The molecule has 0 atom stereocenters. The first-order chi connectivity index (χ1) is 8.24. The van der Waals surface area contributed by atoms with E-state index < -0.39 is 0 Å². The Morgan fingerprint density at radius 1 is 1.35 bits per heavy atom. The first kappa shape index (κ1) is 10.3. The number of nitrogens with zero attached hydrogens (tertiary/aromatic N) is 2. The minimum absolute atomic E-state index is 0.369. The zero-order chi connectivity index (χ0) is 11.8. The summed E-state index contributed by atoms with van der Waals surface area (Å²) in [6.07, 6.45) is 0.977. The third-order valence-corrected chi connectivity index (χ3v) is 3.00. The Labute approximate surface area is 100 Å². The number of hydrogen-bond acceptors (Lipinski definition) is 3. The van der Waals surface area contributed by atoms with Crippen LogP contribution in [0.1, 0.15) is 31.2 Å². The molecular weight excluding hydrogens is 214 g/mol. The van der Waals surface area contributed by atoms with Gasteiger partial charge >= 0.3 is 0 Å². The van der Waals surface area contributed by atoms with Crippen molar-refractivity contribution in [3.05, 3.63) is 29.6 Å². The van der Waals surface area contributed by atoms with E-state index in [1.807, 2.05) is 12.1 Å². The number of H-pyrrole nitrogens is 1. The molecule has 1 aliphatic rings. The van der Waals surface area contributed by atoms with E-state index in [0.717, 1.165) is 36.0 Å². The molecule has 2 heterocycles. The Morgan fingerprint density at radius 3 is 3.00 bits per heavy atom. The quantitative estimate of drug-likeness (QED) is 0.860. The lowest BCUT2D eigenvalue weighted by atomic mass is 10.1. The summed E-state index contributed by atoms with van der Waals surface area (Å²) >= 11 is 0. The fraction of sp³-hybridized carbons (Fsp3) is 0.385. The number of ether oxygens (including phenoxy) is 1. The number of rotatable bonds is 2. The second kappa shape index (κ2) is 3.87.